The highest BCUT2D eigenvalue weighted by Crippen LogP contribution is 2.38. The van der Waals surface area contributed by atoms with Crippen LogP contribution in [0.5, 0.6) is 0 Å². The number of amidine groups is 2. The molecule has 2 amide bonds. The second-order valence-corrected chi connectivity index (χ2v) is 9.00. The van der Waals surface area contributed by atoms with Gasteiger partial charge in [0.2, 0.25) is 5.91 Å². The lowest BCUT2D eigenvalue weighted by Gasteiger charge is -2.27. The van der Waals surface area contributed by atoms with Crippen molar-refractivity contribution in [2.45, 2.75) is 24.6 Å². The standard InChI is InChI=1S/C26H21FN4O2S/c1-2-21(24(32)28-20-15-9-7-13-18(20)27)34-26-29-19-14-8-6-12-17(19)23-30-22(25(33)31(23)26)16-10-4-3-5-11-16/h3-15,21-22H,2H2,1H3,(H,28,32). The molecule has 0 saturated carbocycles. The monoisotopic (exact) mass is 472 g/mol. The zero-order valence-electron chi connectivity index (χ0n) is 18.3. The van der Waals surface area contributed by atoms with Crippen LogP contribution in [0.2, 0.25) is 0 Å². The topological polar surface area (TPSA) is 74.1 Å². The smallest absolute Gasteiger partial charge is 0.263 e. The maximum Gasteiger partial charge on any atom is 0.263 e. The van der Waals surface area contributed by atoms with Crippen molar-refractivity contribution < 1.29 is 14.0 Å². The van der Waals surface area contributed by atoms with Gasteiger partial charge in [0.15, 0.2) is 11.2 Å². The van der Waals surface area contributed by atoms with E-state index in [1.54, 1.807) is 12.1 Å². The summed E-state index contributed by atoms with van der Waals surface area (Å²) in [6, 6.07) is 22.2. The van der Waals surface area contributed by atoms with Gasteiger partial charge in [-0.1, -0.05) is 73.3 Å². The van der Waals surface area contributed by atoms with Crippen LogP contribution in [-0.4, -0.2) is 33.0 Å². The number of carbonyl (C=O) groups is 2. The Labute approximate surface area is 200 Å². The first-order valence-electron chi connectivity index (χ1n) is 10.9. The fourth-order valence-corrected chi connectivity index (χ4v) is 4.93. The summed E-state index contributed by atoms with van der Waals surface area (Å²) in [4.78, 5) is 37.5. The van der Waals surface area contributed by atoms with Crippen molar-refractivity contribution >= 4 is 46.0 Å². The quantitative estimate of drug-likeness (QED) is 0.547. The lowest BCUT2D eigenvalue weighted by molar-refractivity contribution is -0.124. The Hall–Kier alpha value is -3.78. The Morgan fingerprint density at radius 2 is 1.76 bits per heavy atom. The van der Waals surface area contributed by atoms with Crippen LogP contribution in [0.1, 0.15) is 30.5 Å². The number of nitrogens with one attached hydrogen (secondary N) is 1. The molecule has 2 unspecified atom stereocenters. The zero-order valence-corrected chi connectivity index (χ0v) is 19.1. The minimum Gasteiger partial charge on any atom is -0.323 e. The number of anilines is 1. The molecule has 0 saturated heterocycles. The van der Waals surface area contributed by atoms with Crippen molar-refractivity contribution in [3.63, 3.8) is 0 Å². The molecule has 0 spiro atoms. The molecule has 2 heterocycles. The van der Waals surface area contributed by atoms with E-state index in [0.717, 1.165) is 11.1 Å². The second kappa shape index (κ2) is 9.23. The predicted octanol–water partition coefficient (Wildman–Crippen LogP) is 5.31. The van der Waals surface area contributed by atoms with E-state index >= 15 is 0 Å². The average Bonchev–Trinajstić information content (AvgIpc) is 3.22. The molecule has 8 heteroatoms. The van der Waals surface area contributed by atoms with Gasteiger partial charge in [-0.15, -0.1) is 0 Å². The highest BCUT2D eigenvalue weighted by atomic mass is 32.2. The van der Waals surface area contributed by atoms with Crippen LogP contribution < -0.4 is 5.32 Å². The predicted molar refractivity (Wildman–Crippen MR) is 133 cm³/mol. The molecule has 0 bridgehead atoms. The molecular formula is C26H21FN4O2S. The number of amides is 2. The van der Waals surface area contributed by atoms with Gasteiger partial charge in [-0.3, -0.25) is 9.59 Å². The summed E-state index contributed by atoms with van der Waals surface area (Å²) in [6.45, 7) is 1.86. The van der Waals surface area contributed by atoms with Crippen molar-refractivity contribution in [2.75, 3.05) is 5.32 Å². The number of hydrogen-bond acceptors (Lipinski definition) is 5. The summed E-state index contributed by atoms with van der Waals surface area (Å²) >= 11 is 1.18. The Morgan fingerprint density at radius 3 is 2.53 bits per heavy atom. The molecule has 170 valence electrons. The third-order valence-corrected chi connectivity index (χ3v) is 6.94. The zero-order chi connectivity index (χ0) is 23.7. The lowest BCUT2D eigenvalue weighted by Crippen LogP contribution is -2.41. The van der Waals surface area contributed by atoms with Gasteiger partial charge in [-0.05, 0) is 36.2 Å². The number of thioether (sulfide) groups is 1. The minimum absolute atomic E-state index is 0.117. The lowest BCUT2D eigenvalue weighted by atomic mass is 10.1. The van der Waals surface area contributed by atoms with E-state index in [0.29, 0.717) is 23.1 Å². The van der Waals surface area contributed by atoms with E-state index in [-0.39, 0.29) is 17.5 Å². The van der Waals surface area contributed by atoms with Gasteiger partial charge in [0.25, 0.3) is 5.91 Å². The van der Waals surface area contributed by atoms with E-state index in [9.17, 15) is 14.0 Å². The average molecular weight is 473 g/mol. The molecule has 5 rings (SSSR count). The first-order chi connectivity index (χ1) is 16.6. The molecule has 0 fully saturated rings. The summed E-state index contributed by atoms with van der Waals surface area (Å²) < 4.78 is 14.1. The fourth-order valence-electron chi connectivity index (χ4n) is 3.91. The summed E-state index contributed by atoms with van der Waals surface area (Å²) in [5, 5.41) is 2.45. The number of halogens is 1. The third kappa shape index (κ3) is 4.01. The number of benzene rings is 3. The van der Waals surface area contributed by atoms with Gasteiger partial charge in [-0.25, -0.2) is 19.3 Å². The number of aliphatic imine (C=N–C) groups is 2. The highest BCUT2D eigenvalue weighted by molar-refractivity contribution is 8.15. The van der Waals surface area contributed by atoms with Crippen LogP contribution in [0, 0.1) is 5.82 Å². The van der Waals surface area contributed by atoms with Crippen LogP contribution in [0.25, 0.3) is 0 Å². The summed E-state index contributed by atoms with van der Waals surface area (Å²) in [5.41, 5.74) is 2.36. The molecular weight excluding hydrogens is 451 g/mol. The normalized spacial score (nSPS) is 17.4. The second-order valence-electron chi connectivity index (χ2n) is 7.83. The Balaban J connectivity index is 1.47. The van der Waals surface area contributed by atoms with Gasteiger partial charge in [0, 0.05) is 5.56 Å². The van der Waals surface area contributed by atoms with Crippen molar-refractivity contribution in [1.29, 1.82) is 0 Å². The van der Waals surface area contributed by atoms with Crippen LogP contribution in [0.3, 0.4) is 0 Å². The fraction of sp³-hybridized carbons (Fsp3) is 0.154. The van der Waals surface area contributed by atoms with Gasteiger partial charge >= 0.3 is 0 Å². The molecule has 6 nitrogen and oxygen atoms in total. The number of rotatable bonds is 5. The molecule has 3 aromatic carbocycles. The number of para-hydroxylation sites is 2. The molecule has 0 radical (unpaired) electrons. The molecule has 3 aromatic rings. The van der Waals surface area contributed by atoms with Crippen molar-refractivity contribution in [2.24, 2.45) is 9.98 Å². The Morgan fingerprint density at radius 1 is 1.06 bits per heavy atom. The van der Waals surface area contributed by atoms with Crippen LogP contribution in [0.4, 0.5) is 15.8 Å². The van der Waals surface area contributed by atoms with Crippen molar-refractivity contribution in [3.05, 3.63) is 95.8 Å². The van der Waals surface area contributed by atoms with E-state index in [2.05, 4.69) is 5.32 Å². The van der Waals surface area contributed by atoms with Gasteiger partial charge in [0.05, 0.1) is 16.6 Å². The third-order valence-electron chi connectivity index (χ3n) is 5.63. The molecule has 2 atom stereocenters. The summed E-state index contributed by atoms with van der Waals surface area (Å²) in [5.74, 6) is -0.555. The Kier molecular flexibility index (Phi) is 5.98. The number of fused-ring (bicyclic) bond motifs is 3. The first-order valence-corrected chi connectivity index (χ1v) is 11.8. The molecule has 1 N–H and O–H groups in total. The Bertz CT molecular complexity index is 1330. The van der Waals surface area contributed by atoms with Crippen LogP contribution >= 0.6 is 11.8 Å². The number of hydrogen-bond donors (Lipinski definition) is 1. The van der Waals surface area contributed by atoms with Crippen molar-refractivity contribution in [3.8, 4) is 0 Å². The van der Waals surface area contributed by atoms with E-state index < -0.39 is 17.1 Å². The van der Waals surface area contributed by atoms with Crippen LogP contribution in [-0.2, 0) is 9.59 Å². The van der Waals surface area contributed by atoms with E-state index in [4.69, 9.17) is 9.98 Å². The molecule has 0 aliphatic carbocycles. The molecule has 2 aliphatic heterocycles. The largest absolute Gasteiger partial charge is 0.323 e. The maximum atomic E-state index is 14.1. The highest BCUT2D eigenvalue weighted by Gasteiger charge is 2.43. The van der Waals surface area contributed by atoms with Crippen molar-refractivity contribution in [1.82, 2.24) is 4.90 Å². The van der Waals surface area contributed by atoms with Gasteiger partial charge in [-0.2, -0.15) is 0 Å². The number of carbonyl (C=O) groups excluding carboxylic acids is 2. The SMILES string of the molecule is CCC(SC1=Nc2ccccc2C2=NC(c3ccccc3)C(=O)N12)C(=O)Nc1ccccc1F. The van der Waals surface area contributed by atoms with E-state index in [1.807, 2.05) is 61.5 Å². The summed E-state index contributed by atoms with van der Waals surface area (Å²) in [6.07, 6.45) is 0.461. The first kappa shape index (κ1) is 22.0. The molecule has 2 aliphatic rings. The molecule has 0 aromatic heterocycles. The van der Waals surface area contributed by atoms with E-state index in [1.165, 1.54) is 28.8 Å². The number of nitrogens with zero attached hydrogens (tertiary/aromatic N) is 3. The van der Waals surface area contributed by atoms with Gasteiger partial charge in [0.1, 0.15) is 11.7 Å². The molecule has 34 heavy (non-hydrogen) atoms. The minimum atomic E-state index is -0.680. The summed E-state index contributed by atoms with van der Waals surface area (Å²) in [7, 11) is 0. The van der Waals surface area contributed by atoms with Crippen LogP contribution in [0.15, 0.2) is 88.8 Å². The van der Waals surface area contributed by atoms with Gasteiger partial charge < -0.3 is 5.32 Å². The maximum absolute atomic E-state index is 14.1.